The lowest BCUT2D eigenvalue weighted by atomic mass is 10.2. The summed E-state index contributed by atoms with van der Waals surface area (Å²) in [6.45, 7) is 9.98. The smallest absolute Gasteiger partial charge is 0.0518 e. The number of nitrogens with one attached hydrogen (secondary N) is 1. The van der Waals surface area contributed by atoms with E-state index in [1.165, 1.54) is 9.35 Å². The Balaban J connectivity index is 2.65. The van der Waals surface area contributed by atoms with Crippen LogP contribution in [0.1, 0.15) is 38.6 Å². The minimum Gasteiger partial charge on any atom is -0.309 e. The van der Waals surface area contributed by atoms with Crippen LogP contribution in [0, 0.1) is 0 Å². The lowest BCUT2D eigenvalue weighted by Gasteiger charge is -2.23. The van der Waals surface area contributed by atoms with Gasteiger partial charge in [0, 0.05) is 19.8 Å². The average molecular weight is 322 g/mol. The van der Waals surface area contributed by atoms with Gasteiger partial charge in [0.25, 0.3) is 0 Å². The van der Waals surface area contributed by atoms with E-state index in [1.54, 1.807) is 0 Å². The number of hydrogen-bond donors (Lipinski definition) is 1. The van der Waals surface area contributed by atoms with Gasteiger partial charge in [-0.3, -0.25) is 0 Å². The zero-order valence-corrected chi connectivity index (χ0v) is 13.6. The Bertz CT molecular complexity index is 317. The second-order valence-electron chi connectivity index (χ2n) is 4.67. The molecule has 0 saturated carbocycles. The monoisotopic (exact) mass is 321 g/mol. The predicted octanol–water partition coefficient (Wildman–Crippen LogP) is 4.69. The van der Waals surface area contributed by atoms with E-state index >= 15 is 0 Å². The van der Waals surface area contributed by atoms with Crippen molar-refractivity contribution in [2.75, 3.05) is 12.3 Å². The Morgan fingerprint density at radius 2 is 2.19 bits per heavy atom. The fraction of sp³-hybridized carbons (Fsp3) is 0.667. The summed E-state index contributed by atoms with van der Waals surface area (Å²) in [4.78, 5) is 1.42. The normalized spacial score (nSPS) is 14.1. The van der Waals surface area contributed by atoms with Crippen molar-refractivity contribution in [1.82, 2.24) is 5.32 Å². The van der Waals surface area contributed by atoms with Crippen molar-refractivity contribution in [3.8, 4) is 0 Å². The lowest BCUT2D eigenvalue weighted by molar-refractivity contribution is 0.610. The maximum Gasteiger partial charge on any atom is 0.0518 e. The van der Waals surface area contributed by atoms with E-state index < -0.39 is 0 Å². The van der Waals surface area contributed by atoms with Crippen molar-refractivity contribution in [3.63, 3.8) is 0 Å². The van der Waals surface area contributed by atoms with Gasteiger partial charge in [-0.05, 0) is 33.9 Å². The van der Waals surface area contributed by atoms with Crippen LogP contribution in [0.3, 0.4) is 0 Å². The molecule has 1 atom stereocenters. The largest absolute Gasteiger partial charge is 0.309 e. The van der Waals surface area contributed by atoms with Crippen LogP contribution in [0.5, 0.6) is 0 Å². The van der Waals surface area contributed by atoms with Crippen LogP contribution in [0.4, 0.5) is 0 Å². The van der Waals surface area contributed by atoms with Crippen LogP contribution < -0.4 is 5.32 Å². The topological polar surface area (TPSA) is 12.0 Å². The highest BCUT2D eigenvalue weighted by molar-refractivity contribution is 9.10. The molecule has 1 aromatic rings. The van der Waals surface area contributed by atoms with Crippen molar-refractivity contribution in [2.45, 2.75) is 38.5 Å². The second-order valence-corrected chi connectivity index (χ2v) is 8.32. The van der Waals surface area contributed by atoms with Gasteiger partial charge in [0.2, 0.25) is 0 Å². The molecule has 0 saturated heterocycles. The third kappa shape index (κ3) is 4.78. The molecule has 0 aliphatic carbocycles. The summed E-state index contributed by atoms with van der Waals surface area (Å²) in [7, 11) is 0. The molecule has 0 aliphatic rings. The number of rotatable bonds is 5. The van der Waals surface area contributed by atoms with Crippen LogP contribution in [0.25, 0.3) is 0 Å². The van der Waals surface area contributed by atoms with Crippen LogP contribution in [-0.2, 0) is 0 Å². The van der Waals surface area contributed by atoms with E-state index in [4.69, 9.17) is 0 Å². The van der Waals surface area contributed by atoms with E-state index in [0.29, 0.717) is 10.8 Å². The Morgan fingerprint density at radius 1 is 1.50 bits per heavy atom. The number of hydrogen-bond acceptors (Lipinski definition) is 3. The minimum atomic E-state index is 0.331. The molecule has 0 aromatic carbocycles. The summed E-state index contributed by atoms with van der Waals surface area (Å²) in [6, 6.07) is 2.59. The fourth-order valence-corrected chi connectivity index (χ4v) is 4.14. The molecule has 1 N–H and O–H groups in total. The van der Waals surface area contributed by atoms with Crippen molar-refractivity contribution < 1.29 is 0 Å². The molecule has 4 heteroatoms. The van der Waals surface area contributed by atoms with E-state index in [0.717, 1.165) is 12.3 Å². The Labute approximate surface area is 116 Å². The first kappa shape index (κ1) is 14.6. The molecule has 1 nitrogen and oxygen atoms in total. The summed E-state index contributed by atoms with van der Waals surface area (Å²) < 4.78 is 1.56. The van der Waals surface area contributed by atoms with E-state index in [1.807, 2.05) is 23.1 Å². The summed E-state index contributed by atoms with van der Waals surface area (Å²) in [5.41, 5.74) is 0. The van der Waals surface area contributed by atoms with Gasteiger partial charge in [0.15, 0.2) is 0 Å². The number of thiophene rings is 1. The standard InChI is InChI=1S/C12H20BrNS2/c1-5-14-10(8-16-12(2,3)4)11-9(13)6-7-15-11/h6-7,10,14H,5,8H2,1-4H3. The van der Waals surface area contributed by atoms with Crippen molar-refractivity contribution in [2.24, 2.45) is 0 Å². The van der Waals surface area contributed by atoms with Gasteiger partial charge in [0.1, 0.15) is 0 Å². The molecule has 0 radical (unpaired) electrons. The third-order valence-corrected chi connectivity index (χ3v) is 5.45. The first-order chi connectivity index (χ1) is 7.44. The van der Waals surface area contributed by atoms with E-state index in [9.17, 15) is 0 Å². The Kier molecular flexibility index (Phi) is 5.85. The van der Waals surface area contributed by atoms with E-state index in [-0.39, 0.29) is 0 Å². The summed E-state index contributed by atoms with van der Waals surface area (Å²) >= 11 is 7.46. The Morgan fingerprint density at radius 3 is 2.62 bits per heavy atom. The predicted molar refractivity (Wildman–Crippen MR) is 80.6 cm³/mol. The molecule has 1 heterocycles. The molecule has 1 unspecified atom stereocenters. The van der Waals surface area contributed by atoms with Gasteiger partial charge >= 0.3 is 0 Å². The molecule has 1 aromatic heterocycles. The average Bonchev–Trinajstić information content (AvgIpc) is 2.57. The second kappa shape index (κ2) is 6.43. The third-order valence-electron chi connectivity index (χ3n) is 2.09. The molecule has 92 valence electrons. The molecule has 0 spiro atoms. The first-order valence-corrected chi connectivity index (χ1v) is 8.20. The van der Waals surface area contributed by atoms with Crippen molar-refractivity contribution in [1.29, 1.82) is 0 Å². The minimum absolute atomic E-state index is 0.331. The quantitative estimate of drug-likeness (QED) is 0.844. The molecule has 16 heavy (non-hydrogen) atoms. The molecule has 1 rings (SSSR count). The lowest BCUT2D eigenvalue weighted by Crippen LogP contribution is -2.24. The van der Waals surface area contributed by atoms with Crippen molar-refractivity contribution in [3.05, 3.63) is 20.8 Å². The van der Waals surface area contributed by atoms with Crippen LogP contribution in [0.2, 0.25) is 0 Å². The van der Waals surface area contributed by atoms with Crippen LogP contribution in [0.15, 0.2) is 15.9 Å². The Hall–Kier alpha value is 0.490. The highest BCUT2D eigenvalue weighted by Crippen LogP contribution is 2.34. The molecule has 0 bridgehead atoms. The van der Waals surface area contributed by atoms with Gasteiger partial charge < -0.3 is 5.32 Å². The van der Waals surface area contributed by atoms with Crippen LogP contribution >= 0.6 is 39.0 Å². The highest BCUT2D eigenvalue weighted by atomic mass is 79.9. The van der Waals surface area contributed by atoms with Gasteiger partial charge in [0.05, 0.1) is 6.04 Å². The van der Waals surface area contributed by atoms with E-state index in [2.05, 4.69) is 60.4 Å². The van der Waals surface area contributed by atoms with Gasteiger partial charge in [-0.15, -0.1) is 11.3 Å². The number of halogens is 1. The van der Waals surface area contributed by atoms with Gasteiger partial charge in [-0.25, -0.2) is 0 Å². The van der Waals surface area contributed by atoms with Gasteiger partial charge in [-0.1, -0.05) is 27.7 Å². The van der Waals surface area contributed by atoms with Crippen molar-refractivity contribution >= 4 is 39.0 Å². The highest BCUT2D eigenvalue weighted by Gasteiger charge is 2.19. The zero-order chi connectivity index (χ0) is 12.2. The zero-order valence-electron chi connectivity index (χ0n) is 10.3. The molecule has 0 aliphatic heterocycles. The molecular formula is C12H20BrNS2. The summed E-state index contributed by atoms with van der Waals surface area (Å²) in [5.74, 6) is 1.12. The molecule has 0 amide bonds. The first-order valence-electron chi connectivity index (χ1n) is 5.54. The van der Waals surface area contributed by atoms with Gasteiger partial charge in [-0.2, -0.15) is 11.8 Å². The molecule has 0 fully saturated rings. The SMILES string of the molecule is CCNC(CSC(C)(C)C)c1sccc1Br. The maximum atomic E-state index is 3.62. The molecular weight excluding hydrogens is 302 g/mol. The summed E-state index contributed by atoms with van der Waals surface area (Å²) in [5, 5.41) is 5.70. The maximum absolute atomic E-state index is 3.62. The van der Waals surface area contributed by atoms with Crippen LogP contribution in [-0.4, -0.2) is 17.0 Å². The fourth-order valence-electron chi connectivity index (χ4n) is 1.36. The number of thioether (sulfide) groups is 1. The summed E-state index contributed by atoms with van der Waals surface area (Å²) in [6.07, 6.45) is 0.